The lowest BCUT2D eigenvalue weighted by molar-refractivity contribution is 0.0526. The molecule has 0 aromatic carbocycles. The highest BCUT2D eigenvalue weighted by molar-refractivity contribution is 5.89. The van der Waals surface area contributed by atoms with E-state index >= 15 is 0 Å². The zero-order valence-corrected chi connectivity index (χ0v) is 11.7. The van der Waals surface area contributed by atoms with Gasteiger partial charge in [-0.15, -0.1) is 0 Å². The highest BCUT2D eigenvalue weighted by atomic mass is 16.5. The zero-order valence-electron chi connectivity index (χ0n) is 11.7. The van der Waals surface area contributed by atoms with Gasteiger partial charge in [0.15, 0.2) is 0 Å². The summed E-state index contributed by atoms with van der Waals surface area (Å²) in [6, 6.07) is 3.59. The third-order valence-corrected chi connectivity index (χ3v) is 3.78. The summed E-state index contributed by atoms with van der Waals surface area (Å²) in [6.07, 6.45) is 6.78. The van der Waals surface area contributed by atoms with Crippen molar-refractivity contribution in [3.63, 3.8) is 0 Å². The summed E-state index contributed by atoms with van der Waals surface area (Å²) in [5.74, 6) is 0.505. The number of hydrogen-bond donors (Lipinski definition) is 1. The number of esters is 1. The number of aromatic nitrogens is 1. The first-order valence-electron chi connectivity index (χ1n) is 7.00. The van der Waals surface area contributed by atoms with Crippen LogP contribution >= 0.6 is 0 Å². The number of nitrogens with zero attached hydrogens (tertiary/aromatic N) is 1. The van der Waals surface area contributed by atoms with Crippen LogP contribution in [0, 0.1) is 5.41 Å². The summed E-state index contributed by atoms with van der Waals surface area (Å²) in [5, 5.41) is 3.36. The molecule has 1 saturated carbocycles. The Labute approximate surface area is 114 Å². The van der Waals surface area contributed by atoms with Gasteiger partial charge >= 0.3 is 5.97 Å². The lowest BCUT2D eigenvalue weighted by Gasteiger charge is -2.23. The summed E-state index contributed by atoms with van der Waals surface area (Å²) < 4.78 is 4.93. The smallest absolute Gasteiger partial charge is 0.339 e. The quantitative estimate of drug-likeness (QED) is 0.828. The second-order valence-corrected chi connectivity index (χ2v) is 5.52. The topological polar surface area (TPSA) is 51.2 Å². The third kappa shape index (κ3) is 3.69. The highest BCUT2D eigenvalue weighted by Crippen LogP contribution is 2.37. The fourth-order valence-corrected chi connectivity index (χ4v) is 2.54. The van der Waals surface area contributed by atoms with Crippen molar-refractivity contribution in [2.75, 3.05) is 18.5 Å². The van der Waals surface area contributed by atoms with E-state index in [-0.39, 0.29) is 5.97 Å². The average Bonchev–Trinajstić information content (AvgIpc) is 2.85. The van der Waals surface area contributed by atoms with E-state index in [0.717, 1.165) is 12.4 Å². The number of pyridine rings is 1. The van der Waals surface area contributed by atoms with Crippen molar-refractivity contribution < 1.29 is 9.53 Å². The Balaban J connectivity index is 1.90. The molecule has 1 aliphatic rings. The van der Waals surface area contributed by atoms with E-state index in [4.69, 9.17) is 4.74 Å². The molecule has 1 aliphatic carbocycles. The molecule has 0 spiro atoms. The summed E-state index contributed by atoms with van der Waals surface area (Å²) in [4.78, 5) is 15.8. The van der Waals surface area contributed by atoms with Crippen molar-refractivity contribution in [2.45, 2.75) is 39.5 Å². The van der Waals surface area contributed by atoms with Gasteiger partial charge in [0, 0.05) is 12.7 Å². The first-order chi connectivity index (χ1) is 9.13. The molecular weight excluding hydrogens is 240 g/mol. The third-order valence-electron chi connectivity index (χ3n) is 3.78. The monoisotopic (exact) mass is 262 g/mol. The van der Waals surface area contributed by atoms with Crippen LogP contribution < -0.4 is 5.32 Å². The Morgan fingerprint density at radius 3 is 2.74 bits per heavy atom. The van der Waals surface area contributed by atoms with Gasteiger partial charge in [-0.3, -0.25) is 0 Å². The van der Waals surface area contributed by atoms with Gasteiger partial charge in [0.2, 0.25) is 0 Å². The predicted molar refractivity (Wildman–Crippen MR) is 75.3 cm³/mol. The van der Waals surface area contributed by atoms with Crippen LogP contribution in [0.3, 0.4) is 0 Å². The molecule has 0 unspecified atom stereocenters. The maximum atomic E-state index is 11.5. The number of hydrogen-bond acceptors (Lipinski definition) is 4. The largest absolute Gasteiger partial charge is 0.462 e. The average molecular weight is 262 g/mol. The van der Waals surface area contributed by atoms with E-state index in [2.05, 4.69) is 17.2 Å². The molecule has 1 aromatic rings. The molecule has 0 aliphatic heterocycles. The van der Waals surface area contributed by atoms with Gasteiger partial charge in [-0.05, 0) is 37.3 Å². The number of rotatable bonds is 5. The van der Waals surface area contributed by atoms with Crippen molar-refractivity contribution in [1.82, 2.24) is 4.98 Å². The van der Waals surface area contributed by atoms with Gasteiger partial charge in [-0.25, -0.2) is 9.78 Å². The molecule has 0 amide bonds. The van der Waals surface area contributed by atoms with E-state index in [1.807, 2.05) is 6.07 Å². The number of nitrogens with one attached hydrogen (secondary N) is 1. The van der Waals surface area contributed by atoms with E-state index < -0.39 is 0 Å². The Hall–Kier alpha value is -1.58. The Kier molecular flexibility index (Phi) is 4.40. The minimum atomic E-state index is -0.315. The molecule has 1 N–H and O–H groups in total. The van der Waals surface area contributed by atoms with Gasteiger partial charge in [-0.2, -0.15) is 0 Å². The number of carbonyl (C=O) groups excluding carboxylic acids is 1. The molecule has 1 fully saturated rings. The van der Waals surface area contributed by atoms with Crippen molar-refractivity contribution >= 4 is 11.8 Å². The standard InChI is InChI=1S/C15H22N2O2/c1-3-19-14(18)12-6-7-13(16-10-12)17-11-15(2)8-4-5-9-15/h6-7,10H,3-5,8-9,11H2,1-2H3,(H,16,17). The zero-order chi connectivity index (χ0) is 13.7. The molecule has 19 heavy (non-hydrogen) atoms. The lowest BCUT2D eigenvalue weighted by Crippen LogP contribution is -2.23. The molecule has 1 heterocycles. The first kappa shape index (κ1) is 13.8. The van der Waals surface area contributed by atoms with Crippen molar-refractivity contribution in [2.24, 2.45) is 5.41 Å². The number of ether oxygens (including phenoxy) is 1. The van der Waals surface area contributed by atoms with Crippen LogP contribution in [-0.2, 0) is 4.74 Å². The summed E-state index contributed by atoms with van der Waals surface area (Å²) >= 11 is 0. The fraction of sp³-hybridized carbons (Fsp3) is 0.600. The van der Waals surface area contributed by atoms with Crippen LogP contribution in [0.15, 0.2) is 18.3 Å². The molecule has 4 heteroatoms. The second kappa shape index (κ2) is 6.04. The number of anilines is 1. The highest BCUT2D eigenvalue weighted by Gasteiger charge is 2.28. The molecule has 0 radical (unpaired) electrons. The van der Waals surface area contributed by atoms with Crippen LogP contribution in [0.4, 0.5) is 5.82 Å². The molecule has 0 saturated heterocycles. The van der Waals surface area contributed by atoms with Gasteiger partial charge in [0.25, 0.3) is 0 Å². The van der Waals surface area contributed by atoms with Gasteiger partial charge in [-0.1, -0.05) is 19.8 Å². The first-order valence-corrected chi connectivity index (χ1v) is 7.00. The van der Waals surface area contributed by atoms with Gasteiger partial charge in [0.1, 0.15) is 5.82 Å². The summed E-state index contributed by atoms with van der Waals surface area (Å²) in [7, 11) is 0. The minimum absolute atomic E-state index is 0.315. The molecule has 4 nitrogen and oxygen atoms in total. The lowest BCUT2D eigenvalue weighted by atomic mass is 9.89. The fourth-order valence-electron chi connectivity index (χ4n) is 2.54. The Morgan fingerprint density at radius 2 is 2.16 bits per heavy atom. The predicted octanol–water partition coefficient (Wildman–Crippen LogP) is 3.25. The van der Waals surface area contributed by atoms with Gasteiger partial charge in [0.05, 0.1) is 12.2 Å². The van der Waals surface area contributed by atoms with E-state index in [0.29, 0.717) is 17.6 Å². The van der Waals surface area contributed by atoms with E-state index in [1.165, 1.54) is 25.7 Å². The second-order valence-electron chi connectivity index (χ2n) is 5.52. The van der Waals surface area contributed by atoms with Gasteiger partial charge < -0.3 is 10.1 Å². The van der Waals surface area contributed by atoms with Crippen molar-refractivity contribution in [3.05, 3.63) is 23.9 Å². The van der Waals surface area contributed by atoms with E-state index in [9.17, 15) is 4.79 Å². The van der Waals surface area contributed by atoms with Crippen LogP contribution in [0.25, 0.3) is 0 Å². The molecule has 0 atom stereocenters. The normalized spacial score (nSPS) is 17.2. The minimum Gasteiger partial charge on any atom is -0.462 e. The van der Waals surface area contributed by atoms with Crippen LogP contribution in [0.1, 0.15) is 49.9 Å². The van der Waals surface area contributed by atoms with Crippen LogP contribution in [0.2, 0.25) is 0 Å². The molecule has 104 valence electrons. The van der Waals surface area contributed by atoms with Crippen molar-refractivity contribution in [3.8, 4) is 0 Å². The van der Waals surface area contributed by atoms with Crippen LogP contribution in [0.5, 0.6) is 0 Å². The Bertz CT molecular complexity index is 422. The summed E-state index contributed by atoms with van der Waals surface area (Å²) in [5.41, 5.74) is 0.890. The molecule has 1 aromatic heterocycles. The maximum absolute atomic E-state index is 11.5. The van der Waals surface area contributed by atoms with Crippen LogP contribution in [-0.4, -0.2) is 24.1 Å². The molecule has 2 rings (SSSR count). The molecular formula is C15H22N2O2. The molecule has 0 bridgehead atoms. The van der Waals surface area contributed by atoms with E-state index in [1.54, 1.807) is 19.2 Å². The maximum Gasteiger partial charge on any atom is 0.339 e. The summed E-state index contributed by atoms with van der Waals surface area (Å²) in [6.45, 7) is 5.44. The van der Waals surface area contributed by atoms with Crippen molar-refractivity contribution in [1.29, 1.82) is 0 Å². The number of carbonyl (C=O) groups is 1. The SMILES string of the molecule is CCOC(=O)c1ccc(NCC2(C)CCCC2)nc1. The Morgan fingerprint density at radius 1 is 1.42 bits per heavy atom.